The Kier molecular flexibility index (Phi) is 11.0. The third-order valence-corrected chi connectivity index (χ3v) is 4.13. The molecular formula is C23H36N2O5. The average Bonchev–Trinajstić information content (AvgIpc) is 2.66. The van der Waals surface area contributed by atoms with Gasteiger partial charge in [-0.05, 0) is 45.1 Å². The molecule has 0 saturated heterocycles. The molecule has 7 heteroatoms. The van der Waals surface area contributed by atoms with Crippen LogP contribution in [0, 0.1) is 5.92 Å². The van der Waals surface area contributed by atoms with Crippen LogP contribution in [0.4, 0.5) is 9.59 Å². The van der Waals surface area contributed by atoms with Crippen LogP contribution in [0.15, 0.2) is 42.5 Å². The van der Waals surface area contributed by atoms with E-state index in [9.17, 15) is 14.7 Å². The van der Waals surface area contributed by atoms with Crippen LogP contribution in [-0.4, -0.2) is 41.6 Å². The third-order valence-electron chi connectivity index (χ3n) is 4.13. The van der Waals surface area contributed by atoms with Gasteiger partial charge < -0.3 is 25.2 Å². The number of carbonyl (C=O) groups is 2. The highest BCUT2D eigenvalue weighted by atomic mass is 16.6. The first-order valence-corrected chi connectivity index (χ1v) is 10.4. The summed E-state index contributed by atoms with van der Waals surface area (Å²) >= 11 is 0. The molecule has 2 atom stereocenters. The van der Waals surface area contributed by atoms with Gasteiger partial charge in [0.1, 0.15) is 12.2 Å². The number of alkyl carbamates (subject to hydrolysis) is 2. The Morgan fingerprint density at radius 3 is 2.40 bits per heavy atom. The number of hydrogen-bond donors (Lipinski definition) is 3. The smallest absolute Gasteiger partial charge is 0.407 e. The van der Waals surface area contributed by atoms with Crippen molar-refractivity contribution in [3.63, 3.8) is 0 Å². The highest BCUT2D eigenvalue weighted by Gasteiger charge is 2.25. The van der Waals surface area contributed by atoms with Crippen LogP contribution in [0.3, 0.4) is 0 Å². The lowest BCUT2D eigenvalue weighted by Crippen LogP contribution is -2.47. The molecular weight excluding hydrogens is 384 g/mol. The second-order valence-electron chi connectivity index (χ2n) is 8.47. The number of carbonyl (C=O) groups excluding carboxylic acids is 2. The van der Waals surface area contributed by atoms with E-state index in [-0.39, 0.29) is 12.5 Å². The van der Waals surface area contributed by atoms with Crippen LogP contribution >= 0.6 is 0 Å². The van der Waals surface area contributed by atoms with E-state index in [0.717, 1.165) is 5.56 Å². The van der Waals surface area contributed by atoms with Crippen molar-refractivity contribution in [1.29, 1.82) is 0 Å². The van der Waals surface area contributed by atoms with Gasteiger partial charge in [-0.2, -0.15) is 0 Å². The summed E-state index contributed by atoms with van der Waals surface area (Å²) < 4.78 is 10.4. The highest BCUT2D eigenvalue weighted by Crippen LogP contribution is 2.12. The summed E-state index contributed by atoms with van der Waals surface area (Å²) in [6.45, 7) is 9.92. The largest absolute Gasteiger partial charge is 0.445 e. The lowest BCUT2D eigenvalue weighted by Gasteiger charge is -2.27. The van der Waals surface area contributed by atoms with Crippen molar-refractivity contribution in [3.8, 4) is 0 Å². The minimum atomic E-state index is -0.832. The van der Waals surface area contributed by atoms with Gasteiger partial charge in [0, 0.05) is 6.54 Å². The molecule has 0 bridgehead atoms. The van der Waals surface area contributed by atoms with E-state index in [1.54, 1.807) is 26.8 Å². The summed E-state index contributed by atoms with van der Waals surface area (Å²) in [5, 5.41) is 15.8. The molecule has 168 valence electrons. The molecule has 1 aromatic rings. The second-order valence-corrected chi connectivity index (χ2v) is 8.47. The van der Waals surface area contributed by atoms with Crippen molar-refractivity contribution in [1.82, 2.24) is 10.6 Å². The van der Waals surface area contributed by atoms with E-state index in [1.807, 2.05) is 50.3 Å². The fraction of sp³-hybridized carbons (Fsp3) is 0.565. The van der Waals surface area contributed by atoms with Crippen molar-refractivity contribution in [2.75, 3.05) is 6.54 Å². The molecule has 0 aliphatic carbocycles. The minimum absolute atomic E-state index is 0.0261. The Morgan fingerprint density at radius 2 is 1.80 bits per heavy atom. The summed E-state index contributed by atoms with van der Waals surface area (Å²) in [6.07, 6.45) is 3.05. The van der Waals surface area contributed by atoms with Gasteiger partial charge in [0.25, 0.3) is 0 Å². The molecule has 0 spiro atoms. The van der Waals surface area contributed by atoms with Crippen molar-refractivity contribution in [2.45, 2.75) is 71.8 Å². The van der Waals surface area contributed by atoms with E-state index >= 15 is 0 Å². The number of aliphatic hydroxyl groups is 1. The van der Waals surface area contributed by atoms with Gasteiger partial charge in [0.2, 0.25) is 0 Å². The minimum Gasteiger partial charge on any atom is -0.445 e. The van der Waals surface area contributed by atoms with E-state index < -0.39 is 29.9 Å². The third kappa shape index (κ3) is 11.5. The first-order chi connectivity index (χ1) is 14.1. The predicted molar refractivity (Wildman–Crippen MR) is 117 cm³/mol. The molecule has 0 aliphatic heterocycles. The van der Waals surface area contributed by atoms with E-state index in [0.29, 0.717) is 19.4 Å². The van der Waals surface area contributed by atoms with Crippen molar-refractivity contribution < 1.29 is 24.2 Å². The van der Waals surface area contributed by atoms with Crippen molar-refractivity contribution >= 4 is 12.2 Å². The number of aliphatic hydroxyl groups excluding tert-OH is 1. The molecule has 1 rings (SSSR count). The van der Waals surface area contributed by atoms with Crippen LogP contribution in [0.1, 0.15) is 53.0 Å². The lowest BCUT2D eigenvalue weighted by atomic mass is 9.98. The van der Waals surface area contributed by atoms with E-state index in [4.69, 9.17) is 9.47 Å². The molecule has 0 radical (unpaired) electrons. The summed E-state index contributed by atoms with van der Waals surface area (Å²) in [5.41, 5.74) is 0.339. The maximum atomic E-state index is 12.0. The van der Waals surface area contributed by atoms with Gasteiger partial charge >= 0.3 is 12.2 Å². The first kappa shape index (κ1) is 25.5. The van der Waals surface area contributed by atoms with E-state index in [1.165, 1.54) is 0 Å². The van der Waals surface area contributed by atoms with Gasteiger partial charge in [0.05, 0.1) is 12.1 Å². The zero-order valence-corrected chi connectivity index (χ0v) is 18.7. The number of nitrogens with one attached hydrogen (secondary N) is 2. The van der Waals surface area contributed by atoms with Crippen LogP contribution in [0.5, 0.6) is 0 Å². The number of ether oxygens (including phenoxy) is 2. The summed E-state index contributed by atoms with van der Waals surface area (Å²) in [4.78, 5) is 23.7. The summed E-state index contributed by atoms with van der Waals surface area (Å²) in [7, 11) is 0. The zero-order valence-electron chi connectivity index (χ0n) is 18.7. The number of hydrogen-bond acceptors (Lipinski definition) is 5. The molecule has 7 nitrogen and oxygen atoms in total. The summed E-state index contributed by atoms with van der Waals surface area (Å²) in [5.74, 6) is 0.0261. The molecule has 0 aromatic heterocycles. The topological polar surface area (TPSA) is 96.9 Å². The van der Waals surface area contributed by atoms with Crippen LogP contribution < -0.4 is 10.6 Å². The van der Waals surface area contributed by atoms with Crippen LogP contribution in [0.2, 0.25) is 0 Å². The highest BCUT2D eigenvalue weighted by molar-refractivity contribution is 5.68. The predicted octanol–water partition coefficient (Wildman–Crippen LogP) is 4.16. The van der Waals surface area contributed by atoms with Crippen molar-refractivity contribution in [2.24, 2.45) is 5.92 Å². The SMILES string of the molecule is CC(C)[C@H](NC(=O)OC(C)(C)C)[C@H](O)/C=C/CCCNC(=O)OCc1ccccc1. The Labute approximate surface area is 179 Å². The molecule has 1 aromatic carbocycles. The quantitative estimate of drug-likeness (QED) is 0.390. The monoisotopic (exact) mass is 420 g/mol. The van der Waals surface area contributed by atoms with Gasteiger partial charge in [0.15, 0.2) is 0 Å². The van der Waals surface area contributed by atoms with Crippen LogP contribution in [0.25, 0.3) is 0 Å². The molecule has 0 saturated carbocycles. The lowest BCUT2D eigenvalue weighted by molar-refractivity contribution is 0.0423. The molecule has 30 heavy (non-hydrogen) atoms. The standard InChI is InChI=1S/C23H36N2O5/c1-17(2)20(25-22(28)30-23(3,4)5)19(26)14-10-7-11-15-24-21(27)29-16-18-12-8-6-9-13-18/h6,8-10,12-14,17,19-20,26H,7,11,15-16H2,1-5H3,(H,24,27)(H,25,28)/b14-10+/t19-,20+/m1/s1. The first-order valence-electron chi connectivity index (χ1n) is 10.4. The number of benzene rings is 1. The Morgan fingerprint density at radius 1 is 1.13 bits per heavy atom. The normalized spacial score (nSPS) is 13.7. The van der Waals surface area contributed by atoms with Gasteiger partial charge in [-0.3, -0.25) is 0 Å². The number of rotatable bonds is 10. The second kappa shape index (κ2) is 12.9. The maximum Gasteiger partial charge on any atom is 0.407 e. The fourth-order valence-corrected chi connectivity index (χ4v) is 2.63. The van der Waals surface area contributed by atoms with Crippen LogP contribution in [-0.2, 0) is 16.1 Å². The number of unbranched alkanes of at least 4 members (excludes halogenated alkanes) is 1. The van der Waals surface area contributed by atoms with Gasteiger partial charge in [-0.1, -0.05) is 56.3 Å². The molecule has 0 fully saturated rings. The van der Waals surface area contributed by atoms with Gasteiger partial charge in [-0.15, -0.1) is 0 Å². The average molecular weight is 421 g/mol. The van der Waals surface area contributed by atoms with E-state index in [2.05, 4.69) is 10.6 Å². The number of allylic oxidation sites excluding steroid dienone is 1. The molecule has 2 amide bonds. The molecule has 0 unspecified atom stereocenters. The molecule has 0 heterocycles. The Balaban J connectivity index is 2.28. The Bertz CT molecular complexity index is 668. The zero-order chi connectivity index (χ0) is 22.6. The number of amides is 2. The Hall–Kier alpha value is -2.54. The molecule has 0 aliphatic rings. The van der Waals surface area contributed by atoms with Crippen molar-refractivity contribution in [3.05, 3.63) is 48.0 Å². The summed E-state index contributed by atoms with van der Waals surface area (Å²) in [6, 6.07) is 9.03. The maximum absolute atomic E-state index is 12.0. The molecule has 3 N–H and O–H groups in total. The van der Waals surface area contributed by atoms with Gasteiger partial charge in [-0.25, -0.2) is 9.59 Å². The fourth-order valence-electron chi connectivity index (χ4n) is 2.63.